The van der Waals surface area contributed by atoms with Gasteiger partial charge in [-0.1, -0.05) is 137 Å². The molecular formula is C25H52. The zero-order valence-corrected chi connectivity index (χ0v) is 18.6. The maximum atomic E-state index is 2.45. The van der Waals surface area contributed by atoms with Gasteiger partial charge in [-0.3, -0.25) is 0 Å². The van der Waals surface area contributed by atoms with Crippen LogP contribution in [0.3, 0.4) is 0 Å². The van der Waals surface area contributed by atoms with E-state index in [1.54, 1.807) is 0 Å². The van der Waals surface area contributed by atoms with E-state index in [1.807, 2.05) is 0 Å². The van der Waals surface area contributed by atoms with E-state index in [9.17, 15) is 0 Å². The van der Waals surface area contributed by atoms with Crippen LogP contribution in [0.15, 0.2) is 0 Å². The van der Waals surface area contributed by atoms with Gasteiger partial charge in [0.2, 0.25) is 0 Å². The van der Waals surface area contributed by atoms with Crippen molar-refractivity contribution in [2.24, 2.45) is 5.41 Å². The first-order chi connectivity index (χ1) is 12.2. The van der Waals surface area contributed by atoms with Crippen LogP contribution in [0.25, 0.3) is 0 Å². The Kier molecular flexibility index (Phi) is 18.8. The van der Waals surface area contributed by atoms with Gasteiger partial charge < -0.3 is 0 Å². The highest BCUT2D eigenvalue weighted by atomic mass is 14.3. The molecule has 0 aromatic rings. The van der Waals surface area contributed by atoms with E-state index in [-0.39, 0.29) is 0 Å². The van der Waals surface area contributed by atoms with Crippen molar-refractivity contribution in [3.8, 4) is 0 Å². The van der Waals surface area contributed by atoms with Crippen molar-refractivity contribution in [2.45, 2.75) is 156 Å². The second-order valence-corrected chi connectivity index (χ2v) is 8.70. The van der Waals surface area contributed by atoms with Gasteiger partial charge in [0, 0.05) is 0 Å². The van der Waals surface area contributed by atoms with Crippen LogP contribution in [-0.4, -0.2) is 0 Å². The van der Waals surface area contributed by atoms with Crippen LogP contribution in [0.4, 0.5) is 0 Å². The Labute approximate surface area is 161 Å². The Hall–Kier alpha value is 0. The second-order valence-electron chi connectivity index (χ2n) is 8.70. The molecule has 0 rings (SSSR count). The van der Waals surface area contributed by atoms with Gasteiger partial charge in [0.25, 0.3) is 0 Å². The summed E-state index contributed by atoms with van der Waals surface area (Å²) >= 11 is 0. The molecule has 0 aliphatic heterocycles. The molecule has 0 aromatic heterocycles. The average molecular weight is 353 g/mol. The van der Waals surface area contributed by atoms with E-state index in [0.29, 0.717) is 5.41 Å². The number of hydrogen-bond donors (Lipinski definition) is 0. The Morgan fingerprint density at radius 3 is 1.04 bits per heavy atom. The molecule has 0 fully saturated rings. The minimum absolute atomic E-state index is 0.685. The minimum atomic E-state index is 0.685. The summed E-state index contributed by atoms with van der Waals surface area (Å²) in [5.74, 6) is 0. The van der Waals surface area contributed by atoms with E-state index in [0.717, 1.165) is 0 Å². The molecule has 0 aliphatic carbocycles. The lowest BCUT2D eigenvalue weighted by atomic mass is 9.72. The molecule has 0 heterocycles. The molecule has 0 radical (unpaired) electrons. The molecule has 0 aromatic carbocycles. The molecule has 152 valence electrons. The molecule has 0 N–H and O–H groups in total. The maximum absolute atomic E-state index is 2.45. The van der Waals surface area contributed by atoms with Gasteiger partial charge in [-0.2, -0.15) is 0 Å². The summed E-state index contributed by atoms with van der Waals surface area (Å²) in [6.07, 6.45) is 29.1. The summed E-state index contributed by atoms with van der Waals surface area (Å²) < 4.78 is 0. The van der Waals surface area contributed by atoms with Crippen molar-refractivity contribution in [1.29, 1.82) is 0 Å². The monoisotopic (exact) mass is 352 g/mol. The van der Waals surface area contributed by atoms with Crippen molar-refractivity contribution in [3.05, 3.63) is 0 Å². The highest BCUT2D eigenvalue weighted by Gasteiger charge is 2.25. The number of hydrogen-bond acceptors (Lipinski definition) is 0. The fourth-order valence-electron chi connectivity index (χ4n) is 4.35. The fraction of sp³-hybridized carbons (Fsp3) is 1.00. The van der Waals surface area contributed by atoms with Crippen molar-refractivity contribution in [2.75, 3.05) is 0 Å². The highest BCUT2D eigenvalue weighted by Crippen LogP contribution is 2.39. The Morgan fingerprint density at radius 2 is 0.680 bits per heavy atom. The van der Waals surface area contributed by atoms with Gasteiger partial charge in [0.05, 0.1) is 0 Å². The smallest absolute Gasteiger partial charge is 0.0300 e. The van der Waals surface area contributed by atoms with Gasteiger partial charge >= 0.3 is 0 Å². The summed E-state index contributed by atoms with van der Waals surface area (Å²) in [4.78, 5) is 0. The zero-order valence-electron chi connectivity index (χ0n) is 18.6. The summed E-state index contributed by atoms with van der Waals surface area (Å²) in [5, 5.41) is 0. The third kappa shape index (κ3) is 14.8. The minimum Gasteiger partial charge on any atom is -0.0654 e. The summed E-state index contributed by atoms with van der Waals surface area (Å²) in [6.45, 7) is 9.46. The Bertz CT molecular complexity index is 234. The lowest BCUT2D eigenvalue weighted by Gasteiger charge is -2.33. The summed E-state index contributed by atoms with van der Waals surface area (Å²) in [5.41, 5.74) is 0.685. The maximum Gasteiger partial charge on any atom is -0.0300 e. The van der Waals surface area contributed by atoms with Crippen molar-refractivity contribution in [1.82, 2.24) is 0 Å². The van der Waals surface area contributed by atoms with Crippen LogP contribution in [0.5, 0.6) is 0 Å². The average Bonchev–Trinajstić information content (AvgIpc) is 2.64. The van der Waals surface area contributed by atoms with Crippen molar-refractivity contribution >= 4 is 0 Å². The highest BCUT2D eigenvalue weighted by molar-refractivity contribution is 4.78. The Morgan fingerprint density at radius 1 is 0.360 bits per heavy atom. The number of unbranched alkanes of at least 4 members (excludes halogenated alkanes) is 13. The fourth-order valence-corrected chi connectivity index (χ4v) is 4.35. The van der Waals surface area contributed by atoms with E-state index >= 15 is 0 Å². The number of rotatable bonds is 20. The zero-order chi connectivity index (χ0) is 18.6. The molecule has 0 saturated carbocycles. The SMILES string of the molecule is CCCCCCCCCCCCCCC(CC)(CCCC)CCCC. The van der Waals surface area contributed by atoms with E-state index in [1.165, 1.54) is 128 Å². The molecule has 0 aliphatic rings. The molecule has 0 amide bonds. The molecular weight excluding hydrogens is 300 g/mol. The lowest BCUT2D eigenvalue weighted by Crippen LogP contribution is -2.20. The van der Waals surface area contributed by atoms with Gasteiger partial charge in [0.15, 0.2) is 0 Å². The van der Waals surface area contributed by atoms with E-state index in [2.05, 4.69) is 27.7 Å². The molecule has 0 saturated heterocycles. The van der Waals surface area contributed by atoms with Crippen LogP contribution < -0.4 is 0 Å². The largest absolute Gasteiger partial charge is 0.0654 e. The lowest BCUT2D eigenvalue weighted by molar-refractivity contribution is 0.189. The molecule has 0 unspecified atom stereocenters. The second kappa shape index (κ2) is 18.8. The van der Waals surface area contributed by atoms with Crippen molar-refractivity contribution < 1.29 is 0 Å². The van der Waals surface area contributed by atoms with Crippen LogP contribution in [-0.2, 0) is 0 Å². The molecule has 0 bridgehead atoms. The predicted octanol–water partition coefficient (Wildman–Crippen LogP) is 9.85. The first-order valence-electron chi connectivity index (χ1n) is 12.2. The topological polar surface area (TPSA) is 0 Å². The van der Waals surface area contributed by atoms with Crippen LogP contribution in [0.2, 0.25) is 0 Å². The van der Waals surface area contributed by atoms with Gasteiger partial charge in [-0.05, 0) is 24.7 Å². The van der Waals surface area contributed by atoms with Gasteiger partial charge in [0.1, 0.15) is 0 Å². The van der Waals surface area contributed by atoms with Gasteiger partial charge in [-0.15, -0.1) is 0 Å². The van der Waals surface area contributed by atoms with Crippen LogP contribution >= 0.6 is 0 Å². The third-order valence-corrected chi connectivity index (χ3v) is 6.43. The van der Waals surface area contributed by atoms with Crippen LogP contribution in [0.1, 0.15) is 156 Å². The molecule has 0 heteroatoms. The van der Waals surface area contributed by atoms with Crippen LogP contribution in [0, 0.1) is 5.41 Å². The molecule has 0 spiro atoms. The summed E-state index contributed by atoms with van der Waals surface area (Å²) in [6, 6.07) is 0. The summed E-state index contributed by atoms with van der Waals surface area (Å²) in [7, 11) is 0. The predicted molar refractivity (Wildman–Crippen MR) is 117 cm³/mol. The van der Waals surface area contributed by atoms with E-state index in [4.69, 9.17) is 0 Å². The van der Waals surface area contributed by atoms with E-state index < -0.39 is 0 Å². The molecule has 25 heavy (non-hydrogen) atoms. The standard InChI is InChI=1S/C25H52/c1-5-9-12-13-14-15-16-17-18-19-20-21-24-25(8-4,22-10-6-2)23-11-7-3/h5-24H2,1-4H3. The normalized spacial score (nSPS) is 12.0. The van der Waals surface area contributed by atoms with Crippen molar-refractivity contribution in [3.63, 3.8) is 0 Å². The quantitative estimate of drug-likeness (QED) is 0.191. The first-order valence-corrected chi connectivity index (χ1v) is 12.2. The van der Waals surface area contributed by atoms with Gasteiger partial charge in [-0.25, -0.2) is 0 Å². The third-order valence-electron chi connectivity index (χ3n) is 6.43. The Balaban J connectivity index is 3.66. The first kappa shape index (κ1) is 25.0. The molecule has 0 nitrogen and oxygen atoms in total. The molecule has 0 atom stereocenters.